The fourth-order valence-corrected chi connectivity index (χ4v) is 2.15. The Morgan fingerprint density at radius 2 is 1.94 bits per heavy atom. The van der Waals surface area contributed by atoms with Crippen LogP contribution in [0.25, 0.3) is 0 Å². The van der Waals surface area contributed by atoms with Crippen molar-refractivity contribution in [1.29, 1.82) is 0 Å². The van der Waals surface area contributed by atoms with Crippen LogP contribution in [0.15, 0.2) is 33.6 Å². The average molecular weight is 305 g/mol. The van der Waals surface area contributed by atoms with Crippen LogP contribution >= 0.6 is 27.7 Å². The zero-order valence-electron chi connectivity index (χ0n) is 9.52. The predicted octanol–water partition coefficient (Wildman–Crippen LogP) is 3.33. The fraction of sp³-hybridized carbons (Fsp3) is 0.500. The summed E-state index contributed by atoms with van der Waals surface area (Å²) >= 11 is 5.03. The average Bonchev–Trinajstić information content (AvgIpc) is 2.25. The molecular formula is C12H17BrO2S. The first-order valence-electron chi connectivity index (χ1n) is 5.26. The molecule has 0 radical (unpaired) electrons. The summed E-state index contributed by atoms with van der Waals surface area (Å²) in [5.74, 6) is 0.661. The molecule has 2 nitrogen and oxygen atoms in total. The summed E-state index contributed by atoms with van der Waals surface area (Å²) in [5, 5.41) is 9.66. The van der Waals surface area contributed by atoms with Gasteiger partial charge in [0.2, 0.25) is 0 Å². The van der Waals surface area contributed by atoms with E-state index in [0.717, 1.165) is 9.37 Å². The maximum Gasteiger partial charge on any atom is 0.0867 e. The molecule has 0 aliphatic carbocycles. The Kier molecular flexibility index (Phi) is 6.43. The van der Waals surface area contributed by atoms with Crippen molar-refractivity contribution in [1.82, 2.24) is 0 Å². The van der Waals surface area contributed by atoms with E-state index in [4.69, 9.17) is 4.74 Å². The summed E-state index contributed by atoms with van der Waals surface area (Å²) in [6.07, 6.45) is -0.233. The topological polar surface area (TPSA) is 29.5 Å². The first-order chi connectivity index (χ1) is 7.58. The number of ether oxygens (including phenoxy) is 1. The van der Waals surface area contributed by atoms with Crippen molar-refractivity contribution >= 4 is 27.7 Å². The number of thioether (sulfide) groups is 1. The van der Waals surface area contributed by atoms with Crippen LogP contribution in [0.5, 0.6) is 0 Å². The molecule has 0 heterocycles. The lowest BCUT2D eigenvalue weighted by Crippen LogP contribution is -2.20. The highest BCUT2D eigenvalue weighted by Crippen LogP contribution is 2.21. The SMILES string of the molecule is CC(C)OCC(O)CSc1ccc(Br)cc1. The zero-order chi connectivity index (χ0) is 12.0. The molecule has 0 aliphatic rings. The molecule has 0 fully saturated rings. The number of rotatable bonds is 6. The Labute approximate surface area is 110 Å². The Balaban J connectivity index is 2.26. The smallest absolute Gasteiger partial charge is 0.0867 e. The van der Waals surface area contributed by atoms with Crippen molar-refractivity contribution < 1.29 is 9.84 Å². The highest BCUT2D eigenvalue weighted by Gasteiger charge is 2.06. The maximum absolute atomic E-state index is 9.66. The third-order valence-electron chi connectivity index (χ3n) is 1.88. The minimum absolute atomic E-state index is 0.173. The van der Waals surface area contributed by atoms with Crippen molar-refractivity contribution in [2.45, 2.75) is 31.0 Å². The van der Waals surface area contributed by atoms with Gasteiger partial charge in [-0.05, 0) is 38.1 Å². The van der Waals surface area contributed by atoms with Gasteiger partial charge < -0.3 is 9.84 Å². The summed E-state index contributed by atoms with van der Waals surface area (Å²) in [4.78, 5) is 1.16. The lowest BCUT2D eigenvalue weighted by Gasteiger charge is -2.13. The van der Waals surface area contributed by atoms with E-state index in [1.54, 1.807) is 11.8 Å². The summed E-state index contributed by atoms with van der Waals surface area (Å²) in [7, 11) is 0. The first kappa shape index (κ1) is 14.0. The molecule has 0 aromatic heterocycles. The number of aliphatic hydroxyl groups is 1. The standard InChI is InChI=1S/C12H17BrO2S/c1-9(2)15-7-11(14)8-16-12-5-3-10(13)4-6-12/h3-6,9,11,14H,7-8H2,1-2H3. The summed E-state index contributed by atoms with van der Waals surface area (Å²) in [6, 6.07) is 8.06. The summed E-state index contributed by atoms with van der Waals surface area (Å²) in [5.41, 5.74) is 0. The van der Waals surface area contributed by atoms with Crippen molar-refractivity contribution in [3.8, 4) is 0 Å². The number of hydrogen-bond donors (Lipinski definition) is 1. The largest absolute Gasteiger partial charge is 0.390 e. The van der Waals surface area contributed by atoms with Gasteiger partial charge in [0.15, 0.2) is 0 Å². The molecule has 90 valence electrons. The minimum atomic E-state index is -0.406. The zero-order valence-corrected chi connectivity index (χ0v) is 11.9. The quantitative estimate of drug-likeness (QED) is 0.818. The van der Waals surface area contributed by atoms with E-state index in [-0.39, 0.29) is 6.10 Å². The lowest BCUT2D eigenvalue weighted by atomic mass is 10.4. The molecule has 1 aromatic rings. The lowest BCUT2D eigenvalue weighted by molar-refractivity contribution is 0.0152. The van der Waals surface area contributed by atoms with Crippen molar-refractivity contribution in [2.24, 2.45) is 0 Å². The van der Waals surface area contributed by atoms with Crippen LogP contribution in [0.1, 0.15) is 13.8 Å². The van der Waals surface area contributed by atoms with Gasteiger partial charge in [-0.2, -0.15) is 0 Å². The molecule has 1 unspecified atom stereocenters. The first-order valence-corrected chi connectivity index (χ1v) is 7.04. The van der Waals surface area contributed by atoms with Crippen LogP contribution in [0.4, 0.5) is 0 Å². The van der Waals surface area contributed by atoms with Crippen molar-refractivity contribution in [3.05, 3.63) is 28.7 Å². The van der Waals surface area contributed by atoms with E-state index >= 15 is 0 Å². The maximum atomic E-state index is 9.66. The number of hydrogen-bond acceptors (Lipinski definition) is 3. The second kappa shape index (κ2) is 7.33. The van der Waals surface area contributed by atoms with Crippen LogP contribution < -0.4 is 0 Å². The number of halogens is 1. The molecule has 1 rings (SSSR count). The van der Waals surface area contributed by atoms with E-state index in [1.807, 2.05) is 38.1 Å². The van der Waals surface area contributed by atoms with E-state index in [0.29, 0.717) is 12.4 Å². The Morgan fingerprint density at radius 3 is 2.50 bits per heavy atom. The molecule has 0 saturated carbocycles. The Bertz CT molecular complexity index is 300. The van der Waals surface area contributed by atoms with Crippen LogP contribution in [0.2, 0.25) is 0 Å². The third kappa shape index (κ3) is 5.89. The summed E-state index contributed by atoms with van der Waals surface area (Å²) < 4.78 is 6.41. The number of benzene rings is 1. The van der Waals surface area contributed by atoms with E-state index < -0.39 is 6.10 Å². The van der Waals surface area contributed by atoms with Crippen LogP contribution in [0.3, 0.4) is 0 Å². The van der Waals surface area contributed by atoms with Gasteiger partial charge in [0.1, 0.15) is 0 Å². The predicted molar refractivity (Wildman–Crippen MR) is 72.0 cm³/mol. The second-order valence-electron chi connectivity index (χ2n) is 3.80. The highest BCUT2D eigenvalue weighted by atomic mass is 79.9. The minimum Gasteiger partial charge on any atom is -0.390 e. The monoisotopic (exact) mass is 304 g/mol. The van der Waals surface area contributed by atoms with Gasteiger partial charge in [0.25, 0.3) is 0 Å². The van der Waals surface area contributed by atoms with Gasteiger partial charge in [0.05, 0.1) is 18.8 Å². The fourth-order valence-electron chi connectivity index (χ4n) is 1.07. The van der Waals surface area contributed by atoms with Crippen molar-refractivity contribution in [3.63, 3.8) is 0 Å². The van der Waals surface area contributed by atoms with Crippen LogP contribution in [-0.4, -0.2) is 29.7 Å². The Hall–Kier alpha value is -0.0300. The molecule has 1 N–H and O–H groups in total. The molecule has 0 bridgehead atoms. The summed E-state index contributed by atoms with van der Waals surface area (Å²) in [6.45, 7) is 4.34. The van der Waals surface area contributed by atoms with E-state index in [1.165, 1.54) is 0 Å². The van der Waals surface area contributed by atoms with Crippen molar-refractivity contribution in [2.75, 3.05) is 12.4 Å². The molecule has 1 aromatic carbocycles. The molecule has 0 aliphatic heterocycles. The Morgan fingerprint density at radius 1 is 1.31 bits per heavy atom. The van der Waals surface area contributed by atoms with Gasteiger partial charge in [-0.1, -0.05) is 15.9 Å². The molecule has 0 spiro atoms. The molecule has 0 saturated heterocycles. The van der Waals surface area contributed by atoms with Gasteiger partial charge >= 0.3 is 0 Å². The number of aliphatic hydroxyl groups excluding tert-OH is 1. The van der Waals surface area contributed by atoms with Gasteiger partial charge in [-0.25, -0.2) is 0 Å². The molecule has 0 amide bonds. The normalized spacial score (nSPS) is 13.1. The van der Waals surface area contributed by atoms with E-state index in [2.05, 4.69) is 15.9 Å². The van der Waals surface area contributed by atoms with E-state index in [9.17, 15) is 5.11 Å². The van der Waals surface area contributed by atoms with Gasteiger partial charge in [0, 0.05) is 15.1 Å². The molecule has 1 atom stereocenters. The van der Waals surface area contributed by atoms with Crippen LogP contribution in [0, 0.1) is 0 Å². The molecule has 16 heavy (non-hydrogen) atoms. The third-order valence-corrected chi connectivity index (χ3v) is 3.56. The van der Waals surface area contributed by atoms with Crippen LogP contribution in [-0.2, 0) is 4.74 Å². The second-order valence-corrected chi connectivity index (χ2v) is 5.81. The highest BCUT2D eigenvalue weighted by molar-refractivity contribution is 9.10. The van der Waals surface area contributed by atoms with Gasteiger partial charge in [-0.15, -0.1) is 11.8 Å². The van der Waals surface area contributed by atoms with Gasteiger partial charge in [-0.3, -0.25) is 0 Å². The molecular weight excluding hydrogens is 288 g/mol. The molecule has 4 heteroatoms.